The van der Waals surface area contributed by atoms with E-state index >= 15 is 0 Å². The molecule has 0 atom stereocenters. The Bertz CT molecular complexity index is 2240. The van der Waals surface area contributed by atoms with Gasteiger partial charge >= 0.3 is 0 Å². The van der Waals surface area contributed by atoms with Crippen molar-refractivity contribution in [2.75, 3.05) is 0 Å². The van der Waals surface area contributed by atoms with Gasteiger partial charge in [-0.1, -0.05) is 67.5 Å². The number of hydrogen-bond donors (Lipinski definition) is 0. The molecule has 6 heteroatoms. The summed E-state index contributed by atoms with van der Waals surface area (Å²) in [6.45, 7) is 7.22. The molecule has 0 spiro atoms. The largest absolute Gasteiger partial charge is 0.486 e. The van der Waals surface area contributed by atoms with Gasteiger partial charge in [0, 0.05) is 49.5 Å². The van der Waals surface area contributed by atoms with Gasteiger partial charge in [0.15, 0.2) is 0 Å². The van der Waals surface area contributed by atoms with E-state index in [-0.39, 0.29) is 20.1 Å². The number of aromatic nitrogens is 4. The van der Waals surface area contributed by atoms with E-state index in [4.69, 9.17) is 9.40 Å². The van der Waals surface area contributed by atoms with Crippen molar-refractivity contribution in [3.8, 4) is 22.6 Å². The second kappa shape index (κ2) is 13.0. The normalized spacial score (nSPS) is 14.1. The summed E-state index contributed by atoms with van der Waals surface area (Å²) < 4.78 is 8.39. The van der Waals surface area contributed by atoms with Gasteiger partial charge in [0.25, 0.3) is 0 Å². The maximum absolute atomic E-state index is 6.04. The van der Waals surface area contributed by atoms with E-state index in [2.05, 4.69) is 95.1 Å². The SMILES string of the molecule is Cc1ccc2c(n1)oc1c(-c3cc(C(C)C)ccn3)[c-]ccc12.[Ir].[c-]1ccccc1-c1nc2ccc(C3CCCC3)c3c2n1CC=C3. The van der Waals surface area contributed by atoms with Crippen molar-refractivity contribution in [3.63, 3.8) is 0 Å². The van der Waals surface area contributed by atoms with E-state index in [0.29, 0.717) is 11.6 Å². The number of aryl methyl sites for hydroxylation is 1. The monoisotopic (exact) mass is 793 g/mol. The molecule has 4 aromatic heterocycles. The topological polar surface area (TPSA) is 56.7 Å². The molecule has 3 aromatic carbocycles. The number of imidazole rings is 1. The third-order valence-electron chi connectivity index (χ3n) is 9.44. The van der Waals surface area contributed by atoms with Gasteiger partial charge < -0.3 is 14.0 Å². The van der Waals surface area contributed by atoms with Crippen LogP contribution < -0.4 is 0 Å². The quantitative estimate of drug-likeness (QED) is 0.167. The number of benzene rings is 3. The van der Waals surface area contributed by atoms with Gasteiger partial charge in [-0.3, -0.25) is 4.98 Å². The fourth-order valence-corrected chi connectivity index (χ4v) is 7.07. The molecule has 1 aliphatic carbocycles. The van der Waals surface area contributed by atoms with E-state index in [1.807, 2.05) is 43.5 Å². The van der Waals surface area contributed by atoms with Crippen LogP contribution in [0.25, 0.3) is 61.8 Å². The second-order valence-corrected chi connectivity index (χ2v) is 12.8. The van der Waals surface area contributed by atoms with Crippen LogP contribution in [0, 0.1) is 19.1 Å². The van der Waals surface area contributed by atoms with Crippen molar-refractivity contribution < 1.29 is 24.5 Å². The summed E-state index contributed by atoms with van der Waals surface area (Å²) in [5.74, 6) is 2.22. The van der Waals surface area contributed by atoms with Crippen molar-refractivity contribution in [1.82, 2.24) is 19.5 Å². The minimum atomic E-state index is 0. The van der Waals surface area contributed by atoms with Crippen LogP contribution in [0.4, 0.5) is 0 Å². The maximum atomic E-state index is 6.04. The Balaban J connectivity index is 0.000000146. The number of pyridine rings is 2. The van der Waals surface area contributed by atoms with Gasteiger partial charge in [-0.05, 0) is 67.1 Å². The van der Waals surface area contributed by atoms with Crippen LogP contribution in [-0.2, 0) is 26.7 Å². The summed E-state index contributed by atoms with van der Waals surface area (Å²) in [4.78, 5) is 13.9. The van der Waals surface area contributed by atoms with Crippen molar-refractivity contribution in [2.24, 2.45) is 0 Å². The van der Waals surface area contributed by atoms with Crippen molar-refractivity contribution in [2.45, 2.75) is 64.8 Å². The molecule has 5 heterocycles. The van der Waals surface area contributed by atoms with Crippen molar-refractivity contribution in [1.29, 1.82) is 0 Å². The average Bonchev–Trinajstić information content (AvgIpc) is 3.84. The minimum Gasteiger partial charge on any atom is -0.486 e. The van der Waals surface area contributed by atoms with Crippen molar-refractivity contribution >= 4 is 39.2 Å². The van der Waals surface area contributed by atoms with Crippen LogP contribution in [0.15, 0.2) is 89.5 Å². The Morgan fingerprint density at radius 2 is 1.79 bits per heavy atom. The Labute approximate surface area is 289 Å². The summed E-state index contributed by atoms with van der Waals surface area (Å²) >= 11 is 0. The summed E-state index contributed by atoms with van der Waals surface area (Å²) in [5.41, 5.74) is 11.9. The maximum Gasteiger partial charge on any atom is 0.216 e. The first-order chi connectivity index (χ1) is 22.5. The van der Waals surface area contributed by atoms with E-state index in [1.54, 1.807) is 0 Å². The minimum absolute atomic E-state index is 0. The van der Waals surface area contributed by atoms with Crippen LogP contribution in [-0.4, -0.2) is 19.5 Å². The molecule has 1 saturated carbocycles. The molecular formula is C41H36IrN4O-2. The number of furan rings is 1. The standard InChI is InChI=1S/C21H19N2.C20H17N2O.Ir/c1-2-9-16(10-3-1)21-22-19-13-12-17(15-7-4-5-8-15)18-11-6-14-23(21)20(18)19;1-12(2)14-9-10-21-18(11-14)17-6-4-5-15-16-8-7-13(3)22-20(16)23-19(15)17;/h1-3,6,9,11-13,15H,4-5,7-8,14H2;4-5,7-12H,1-3H3;/q2*-1;. The zero-order chi connectivity index (χ0) is 31.2. The first kappa shape index (κ1) is 31.2. The van der Waals surface area contributed by atoms with Crippen LogP contribution >= 0.6 is 0 Å². The van der Waals surface area contributed by atoms with Crippen LogP contribution in [0.1, 0.15) is 73.8 Å². The molecule has 7 aromatic rings. The molecule has 1 radical (unpaired) electrons. The summed E-state index contributed by atoms with van der Waals surface area (Å²) in [7, 11) is 0. The molecular weight excluding hydrogens is 757 g/mol. The Morgan fingerprint density at radius 1 is 0.915 bits per heavy atom. The molecule has 9 rings (SSSR count). The molecule has 47 heavy (non-hydrogen) atoms. The molecule has 0 amide bonds. The van der Waals surface area contributed by atoms with E-state index < -0.39 is 0 Å². The van der Waals surface area contributed by atoms with Crippen LogP contribution in [0.5, 0.6) is 0 Å². The summed E-state index contributed by atoms with van der Waals surface area (Å²) in [6, 6.07) is 31.5. The van der Waals surface area contributed by atoms with E-state index in [0.717, 1.165) is 62.7 Å². The second-order valence-electron chi connectivity index (χ2n) is 12.8. The molecule has 1 fully saturated rings. The third-order valence-corrected chi connectivity index (χ3v) is 9.44. The number of hydrogen-bond acceptors (Lipinski definition) is 4. The molecule has 0 bridgehead atoms. The molecule has 2 aliphatic rings. The van der Waals surface area contributed by atoms with Gasteiger partial charge in [-0.25, -0.2) is 4.98 Å². The number of rotatable bonds is 4. The molecule has 0 saturated heterocycles. The van der Waals surface area contributed by atoms with Gasteiger partial charge in [-0.15, -0.1) is 54.1 Å². The predicted molar refractivity (Wildman–Crippen MR) is 187 cm³/mol. The zero-order valence-electron chi connectivity index (χ0n) is 26.9. The smallest absolute Gasteiger partial charge is 0.216 e. The molecule has 5 nitrogen and oxygen atoms in total. The van der Waals surface area contributed by atoms with Gasteiger partial charge in [0.2, 0.25) is 5.71 Å². The van der Waals surface area contributed by atoms with E-state index in [1.165, 1.54) is 47.9 Å². The third kappa shape index (κ3) is 5.75. The van der Waals surface area contributed by atoms with Gasteiger partial charge in [0.05, 0.1) is 22.4 Å². The summed E-state index contributed by atoms with van der Waals surface area (Å²) in [6.07, 6.45) is 11.8. The van der Waals surface area contributed by atoms with E-state index in [9.17, 15) is 0 Å². The fraction of sp³-hybridized carbons (Fsp3) is 0.244. The number of allylic oxidation sites excluding steroid dienone is 1. The van der Waals surface area contributed by atoms with Crippen LogP contribution in [0.2, 0.25) is 0 Å². The first-order valence-electron chi connectivity index (χ1n) is 16.4. The zero-order valence-corrected chi connectivity index (χ0v) is 29.3. The molecule has 0 N–H and O–H groups in total. The molecule has 237 valence electrons. The average molecular weight is 793 g/mol. The number of fused-ring (bicyclic) bond motifs is 3. The molecule has 1 aliphatic heterocycles. The number of nitrogens with zero attached hydrogens (tertiary/aromatic N) is 4. The Hall–Kier alpha value is -4.38. The molecule has 0 unspecified atom stereocenters. The van der Waals surface area contributed by atoms with Crippen molar-refractivity contribution in [3.05, 3.63) is 120 Å². The first-order valence-corrected chi connectivity index (χ1v) is 16.4. The Kier molecular flexibility index (Phi) is 8.65. The predicted octanol–water partition coefficient (Wildman–Crippen LogP) is 10.5. The Morgan fingerprint density at radius 3 is 2.60 bits per heavy atom. The van der Waals surface area contributed by atoms with Gasteiger partial charge in [0.1, 0.15) is 0 Å². The van der Waals surface area contributed by atoms with Crippen LogP contribution in [0.3, 0.4) is 0 Å². The summed E-state index contributed by atoms with van der Waals surface area (Å²) in [5, 5.41) is 2.08. The fourth-order valence-electron chi connectivity index (χ4n) is 7.07. The van der Waals surface area contributed by atoms with Gasteiger partial charge in [-0.2, -0.15) is 0 Å².